The van der Waals surface area contributed by atoms with Gasteiger partial charge in [0.05, 0.1) is 5.75 Å². The van der Waals surface area contributed by atoms with E-state index in [1.807, 2.05) is 31.2 Å². The third kappa shape index (κ3) is 4.35. The third-order valence-corrected chi connectivity index (χ3v) is 3.01. The summed E-state index contributed by atoms with van der Waals surface area (Å²) in [5.41, 5.74) is 5.70. The number of hydrazine groups is 1. The van der Waals surface area contributed by atoms with Crippen molar-refractivity contribution in [2.24, 2.45) is 0 Å². The fourth-order valence-electron chi connectivity index (χ4n) is 1.06. The van der Waals surface area contributed by atoms with Crippen molar-refractivity contribution in [3.05, 3.63) is 29.8 Å². The summed E-state index contributed by atoms with van der Waals surface area (Å²) in [5.74, 6) is -0.219. The van der Waals surface area contributed by atoms with Gasteiger partial charge in [-0.3, -0.25) is 20.4 Å². The molecule has 0 aromatic heterocycles. The fraction of sp³-hybridized carbons (Fsp3) is 0.273. The summed E-state index contributed by atoms with van der Waals surface area (Å²) in [5, 5.41) is 0. The Bertz CT molecular complexity index is 393. The largest absolute Gasteiger partial charge is 0.274 e. The smallest absolute Gasteiger partial charge is 0.248 e. The van der Waals surface area contributed by atoms with E-state index in [2.05, 4.69) is 10.9 Å². The van der Waals surface area contributed by atoms with Crippen molar-refractivity contribution in [1.82, 2.24) is 10.9 Å². The molecule has 5 heteroatoms. The van der Waals surface area contributed by atoms with Crippen LogP contribution in [-0.4, -0.2) is 17.6 Å². The Hall–Kier alpha value is -1.49. The van der Waals surface area contributed by atoms with Crippen LogP contribution < -0.4 is 10.9 Å². The molecule has 0 atom stereocenters. The molecule has 0 radical (unpaired) electrons. The van der Waals surface area contributed by atoms with E-state index in [9.17, 15) is 9.59 Å². The van der Waals surface area contributed by atoms with E-state index in [4.69, 9.17) is 0 Å². The second-order valence-corrected chi connectivity index (χ2v) is 4.30. The van der Waals surface area contributed by atoms with E-state index in [1.54, 1.807) is 0 Å². The molecule has 2 N–H and O–H groups in total. The van der Waals surface area contributed by atoms with Gasteiger partial charge in [0.2, 0.25) is 11.8 Å². The normalized spacial score (nSPS) is 9.62. The van der Waals surface area contributed by atoms with Gasteiger partial charge < -0.3 is 0 Å². The molecule has 16 heavy (non-hydrogen) atoms. The fourth-order valence-corrected chi connectivity index (χ4v) is 1.88. The van der Waals surface area contributed by atoms with Crippen LogP contribution in [0.4, 0.5) is 0 Å². The number of carbonyl (C=O) groups is 2. The van der Waals surface area contributed by atoms with Crippen molar-refractivity contribution in [3.63, 3.8) is 0 Å². The molecule has 0 aliphatic rings. The Morgan fingerprint density at radius 2 is 1.94 bits per heavy atom. The highest BCUT2D eigenvalue weighted by Gasteiger charge is 2.04. The Labute approximate surface area is 98.8 Å². The van der Waals surface area contributed by atoms with E-state index < -0.39 is 0 Å². The molecule has 1 rings (SSSR count). The predicted molar refractivity (Wildman–Crippen MR) is 63.9 cm³/mol. The minimum atomic E-state index is -0.283. The maximum absolute atomic E-state index is 11.3. The van der Waals surface area contributed by atoms with Crippen LogP contribution in [0.2, 0.25) is 0 Å². The lowest BCUT2D eigenvalue weighted by Gasteiger charge is -2.06. The van der Waals surface area contributed by atoms with Gasteiger partial charge in [-0.1, -0.05) is 18.2 Å². The Morgan fingerprint density at radius 1 is 1.25 bits per heavy atom. The minimum absolute atomic E-state index is 0.219. The van der Waals surface area contributed by atoms with Crippen molar-refractivity contribution in [3.8, 4) is 0 Å². The van der Waals surface area contributed by atoms with E-state index >= 15 is 0 Å². The zero-order valence-corrected chi connectivity index (χ0v) is 10.1. The van der Waals surface area contributed by atoms with Crippen molar-refractivity contribution >= 4 is 23.6 Å². The third-order valence-electron chi connectivity index (χ3n) is 1.83. The summed E-state index contributed by atoms with van der Waals surface area (Å²) in [6.45, 7) is 3.34. The van der Waals surface area contributed by atoms with Gasteiger partial charge in [0, 0.05) is 11.8 Å². The summed E-state index contributed by atoms with van der Waals surface area (Å²) in [6.07, 6.45) is 0. The van der Waals surface area contributed by atoms with Crippen LogP contribution in [0.3, 0.4) is 0 Å². The second kappa shape index (κ2) is 6.17. The number of hydrogen-bond donors (Lipinski definition) is 2. The number of hydrogen-bond acceptors (Lipinski definition) is 3. The lowest BCUT2D eigenvalue weighted by molar-refractivity contribution is -0.126. The zero-order valence-electron chi connectivity index (χ0n) is 9.24. The molecule has 0 saturated heterocycles. The number of rotatable bonds is 3. The van der Waals surface area contributed by atoms with Crippen LogP contribution in [0.1, 0.15) is 12.5 Å². The van der Waals surface area contributed by atoms with E-state index in [1.165, 1.54) is 18.7 Å². The first-order valence-corrected chi connectivity index (χ1v) is 5.82. The molecule has 4 nitrogen and oxygen atoms in total. The van der Waals surface area contributed by atoms with Gasteiger partial charge in [-0.2, -0.15) is 0 Å². The molecule has 0 aliphatic heterocycles. The van der Waals surface area contributed by atoms with Crippen molar-refractivity contribution < 1.29 is 9.59 Å². The number of nitrogens with one attached hydrogen (secondary N) is 2. The number of benzene rings is 1. The highest BCUT2D eigenvalue weighted by Crippen LogP contribution is 2.21. The number of amides is 2. The average molecular weight is 238 g/mol. The lowest BCUT2D eigenvalue weighted by Crippen LogP contribution is -2.41. The van der Waals surface area contributed by atoms with E-state index in [0.29, 0.717) is 0 Å². The van der Waals surface area contributed by atoms with Crippen LogP contribution >= 0.6 is 11.8 Å². The summed E-state index contributed by atoms with van der Waals surface area (Å²) in [4.78, 5) is 22.9. The maximum Gasteiger partial charge on any atom is 0.248 e. The van der Waals surface area contributed by atoms with Crippen molar-refractivity contribution in [1.29, 1.82) is 0 Å². The average Bonchev–Trinajstić information content (AvgIpc) is 2.25. The molecule has 2 amide bonds. The highest BCUT2D eigenvalue weighted by atomic mass is 32.2. The monoisotopic (exact) mass is 238 g/mol. The molecule has 0 unspecified atom stereocenters. The topological polar surface area (TPSA) is 58.2 Å². The number of carbonyl (C=O) groups excluding carboxylic acids is 2. The lowest BCUT2D eigenvalue weighted by atomic mass is 10.2. The molecule has 86 valence electrons. The first-order valence-electron chi connectivity index (χ1n) is 4.83. The minimum Gasteiger partial charge on any atom is -0.274 e. The molecule has 0 bridgehead atoms. The van der Waals surface area contributed by atoms with Gasteiger partial charge >= 0.3 is 0 Å². The molecule has 0 saturated carbocycles. The van der Waals surface area contributed by atoms with Crippen LogP contribution in [0.5, 0.6) is 0 Å². The molecule has 0 spiro atoms. The second-order valence-electron chi connectivity index (χ2n) is 3.28. The van der Waals surface area contributed by atoms with Crippen LogP contribution in [0, 0.1) is 6.92 Å². The summed E-state index contributed by atoms with van der Waals surface area (Å²) in [7, 11) is 0. The van der Waals surface area contributed by atoms with Crippen LogP contribution in [-0.2, 0) is 9.59 Å². The quantitative estimate of drug-likeness (QED) is 0.615. The van der Waals surface area contributed by atoms with Crippen molar-refractivity contribution in [2.45, 2.75) is 18.7 Å². The van der Waals surface area contributed by atoms with Gasteiger partial charge in [0.1, 0.15) is 0 Å². The van der Waals surface area contributed by atoms with Crippen LogP contribution in [0.15, 0.2) is 29.2 Å². The number of aryl methyl sites for hydroxylation is 1. The molecule has 1 aromatic rings. The molecule has 1 aromatic carbocycles. The summed E-state index contributed by atoms with van der Waals surface area (Å²) >= 11 is 1.44. The highest BCUT2D eigenvalue weighted by molar-refractivity contribution is 8.00. The van der Waals surface area contributed by atoms with Crippen LogP contribution in [0.25, 0.3) is 0 Å². The maximum atomic E-state index is 11.3. The summed E-state index contributed by atoms with van der Waals surface area (Å²) in [6, 6.07) is 7.84. The predicted octanol–water partition coefficient (Wildman–Crippen LogP) is 1.25. The first kappa shape index (κ1) is 12.6. The molecule has 0 aliphatic carbocycles. The van der Waals surface area contributed by atoms with Gasteiger partial charge in [-0.25, -0.2) is 0 Å². The van der Waals surface area contributed by atoms with Gasteiger partial charge in [0.25, 0.3) is 0 Å². The Kier molecular flexibility index (Phi) is 4.85. The van der Waals surface area contributed by atoms with Gasteiger partial charge in [-0.05, 0) is 18.6 Å². The number of thioether (sulfide) groups is 1. The molecular formula is C11H14N2O2S. The Morgan fingerprint density at radius 3 is 2.56 bits per heavy atom. The van der Waals surface area contributed by atoms with Gasteiger partial charge in [0.15, 0.2) is 0 Å². The van der Waals surface area contributed by atoms with E-state index in [0.717, 1.165) is 10.5 Å². The SMILES string of the molecule is CC(=O)NNC(=O)CSc1ccccc1C. The molecular weight excluding hydrogens is 224 g/mol. The Balaban J connectivity index is 2.37. The zero-order chi connectivity index (χ0) is 12.0. The van der Waals surface area contributed by atoms with E-state index in [-0.39, 0.29) is 17.6 Å². The molecule has 0 heterocycles. The first-order chi connectivity index (χ1) is 7.59. The standard InChI is InChI=1S/C11H14N2O2S/c1-8-5-3-4-6-10(8)16-7-11(15)13-12-9(2)14/h3-6H,7H2,1-2H3,(H,12,14)(H,13,15). The molecule has 0 fully saturated rings. The van der Waals surface area contributed by atoms with Gasteiger partial charge in [-0.15, -0.1) is 11.8 Å². The van der Waals surface area contributed by atoms with Crippen molar-refractivity contribution in [2.75, 3.05) is 5.75 Å². The summed E-state index contributed by atoms with van der Waals surface area (Å²) < 4.78 is 0.